The molecular formula is C8H14BrN5. The van der Waals surface area contributed by atoms with E-state index >= 15 is 0 Å². The van der Waals surface area contributed by atoms with Gasteiger partial charge in [0.15, 0.2) is 0 Å². The van der Waals surface area contributed by atoms with Gasteiger partial charge in [0, 0.05) is 13.1 Å². The van der Waals surface area contributed by atoms with Gasteiger partial charge in [0.05, 0.1) is 10.7 Å². The number of halogens is 1. The van der Waals surface area contributed by atoms with Crippen LogP contribution in [-0.4, -0.2) is 28.8 Å². The molecule has 6 heteroatoms. The first-order chi connectivity index (χ1) is 6.70. The van der Waals surface area contributed by atoms with E-state index in [-0.39, 0.29) is 0 Å². The van der Waals surface area contributed by atoms with Crippen LogP contribution in [-0.2, 0) is 0 Å². The van der Waals surface area contributed by atoms with Gasteiger partial charge in [-0.05, 0) is 29.8 Å². The number of hydrogen-bond acceptors (Lipinski definition) is 3. The van der Waals surface area contributed by atoms with E-state index < -0.39 is 0 Å². The molecule has 0 saturated carbocycles. The first kappa shape index (κ1) is 11.0. The molecule has 1 aromatic rings. The highest BCUT2D eigenvalue weighted by atomic mass is 79.9. The highest BCUT2D eigenvalue weighted by Gasteiger charge is 2.08. The van der Waals surface area contributed by atoms with Crippen LogP contribution in [0, 0.1) is 0 Å². The number of aromatic nitrogens is 2. The van der Waals surface area contributed by atoms with Crippen LogP contribution in [0.5, 0.6) is 0 Å². The minimum Gasteiger partial charge on any atom is -0.383 e. The Labute approximate surface area is 91.5 Å². The molecule has 0 bridgehead atoms. The van der Waals surface area contributed by atoms with Gasteiger partial charge in [-0.2, -0.15) is 9.78 Å². The second kappa shape index (κ2) is 4.99. The summed E-state index contributed by atoms with van der Waals surface area (Å²) >= 11 is 3.30. The molecule has 0 radical (unpaired) electrons. The third-order valence-corrected chi connectivity index (χ3v) is 2.21. The standard InChI is InChI=1S/C8H14BrN5/c1-3-11-8(12-4-2)14-7(10)6(9)5-13-14/h5H,3-4,10H2,1-2H3,(H,11,12). The van der Waals surface area contributed by atoms with Crippen LogP contribution in [0.25, 0.3) is 0 Å². The molecule has 3 N–H and O–H groups in total. The third kappa shape index (κ3) is 2.25. The number of nitrogens with zero attached hydrogens (tertiary/aromatic N) is 3. The smallest absolute Gasteiger partial charge is 0.221 e. The summed E-state index contributed by atoms with van der Waals surface area (Å²) in [5.74, 6) is 1.23. The second-order valence-electron chi connectivity index (χ2n) is 2.62. The zero-order chi connectivity index (χ0) is 10.6. The Morgan fingerprint density at radius 2 is 2.43 bits per heavy atom. The highest BCUT2D eigenvalue weighted by molar-refractivity contribution is 9.10. The monoisotopic (exact) mass is 259 g/mol. The maximum Gasteiger partial charge on any atom is 0.221 e. The predicted molar refractivity (Wildman–Crippen MR) is 61.4 cm³/mol. The number of hydrogen-bond donors (Lipinski definition) is 2. The van der Waals surface area contributed by atoms with Gasteiger partial charge in [-0.3, -0.25) is 4.99 Å². The number of anilines is 1. The molecule has 0 atom stereocenters. The normalized spacial score (nSPS) is 11.8. The molecule has 1 heterocycles. The summed E-state index contributed by atoms with van der Waals surface area (Å²) in [5.41, 5.74) is 5.80. The first-order valence-corrected chi connectivity index (χ1v) is 5.27. The topological polar surface area (TPSA) is 68.2 Å². The van der Waals surface area contributed by atoms with Gasteiger partial charge in [-0.25, -0.2) is 0 Å². The van der Waals surface area contributed by atoms with Crippen LogP contribution in [0.4, 0.5) is 5.82 Å². The maximum atomic E-state index is 5.80. The molecule has 0 spiro atoms. The van der Waals surface area contributed by atoms with Crippen molar-refractivity contribution >= 4 is 27.7 Å². The van der Waals surface area contributed by atoms with E-state index in [9.17, 15) is 0 Å². The Balaban J connectivity index is 2.99. The average Bonchev–Trinajstić information content (AvgIpc) is 2.48. The van der Waals surface area contributed by atoms with Crippen molar-refractivity contribution in [3.05, 3.63) is 10.7 Å². The Bertz CT molecular complexity index is 330. The summed E-state index contributed by atoms with van der Waals surface area (Å²) in [5, 5.41) is 7.21. The predicted octanol–water partition coefficient (Wildman–Crippen LogP) is 1.06. The molecule has 0 aliphatic rings. The van der Waals surface area contributed by atoms with Crippen LogP contribution in [0.1, 0.15) is 13.8 Å². The van der Waals surface area contributed by atoms with Gasteiger partial charge in [-0.1, -0.05) is 0 Å². The van der Waals surface area contributed by atoms with Gasteiger partial charge >= 0.3 is 0 Å². The zero-order valence-corrected chi connectivity index (χ0v) is 9.87. The van der Waals surface area contributed by atoms with Gasteiger partial charge in [-0.15, -0.1) is 0 Å². The molecule has 5 nitrogen and oxygen atoms in total. The minimum atomic E-state index is 0.554. The summed E-state index contributed by atoms with van der Waals surface area (Å²) in [7, 11) is 0. The van der Waals surface area contributed by atoms with Crippen LogP contribution in [0.3, 0.4) is 0 Å². The van der Waals surface area contributed by atoms with E-state index in [4.69, 9.17) is 5.73 Å². The Morgan fingerprint density at radius 1 is 1.71 bits per heavy atom. The Hall–Kier alpha value is -1.04. The lowest BCUT2D eigenvalue weighted by atomic mass is 10.6. The lowest BCUT2D eigenvalue weighted by molar-refractivity contribution is 0.830. The summed E-state index contributed by atoms with van der Waals surface area (Å²) in [6.07, 6.45) is 1.65. The fraction of sp³-hybridized carbons (Fsp3) is 0.500. The summed E-state index contributed by atoms with van der Waals surface area (Å²) in [6.45, 7) is 5.45. The maximum absolute atomic E-state index is 5.80. The molecule has 0 aliphatic heterocycles. The molecular weight excluding hydrogens is 246 g/mol. The third-order valence-electron chi connectivity index (χ3n) is 1.60. The molecule has 0 fully saturated rings. The van der Waals surface area contributed by atoms with Gasteiger partial charge in [0.25, 0.3) is 0 Å². The molecule has 14 heavy (non-hydrogen) atoms. The fourth-order valence-electron chi connectivity index (χ4n) is 1.01. The highest BCUT2D eigenvalue weighted by Crippen LogP contribution is 2.17. The van der Waals surface area contributed by atoms with Gasteiger partial charge < -0.3 is 11.1 Å². The van der Waals surface area contributed by atoms with E-state index in [1.165, 1.54) is 0 Å². The van der Waals surface area contributed by atoms with E-state index in [2.05, 4.69) is 31.3 Å². The summed E-state index contributed by atoms with van der Waals surface area (Å²) in [4.78, 5) is 4.26. The number of rotatable bonds is 2. The van der Waals surface area contributed by atoms with Crippen molar-refractivity contribution in [2.24, 2.45) is 4.99 Å². The van der Waals surface area contributed by atoms with Gasteiger partial charge in [0.1, 0.15) is 5.82 Å². The summed E-state index contributed by atoms with van der Waals surface area (Å²) in [6, 6.07) is 0. The van der Waals surface area contributed by atoms with E-state index in [0.717, 1.165) is 11.0 Å². The molecule has 0 amide bonds. The van der Waals surface area contributed by atoms with Crippen molar-refractivity contribution in [3.63, 3.8) is 0 Å². The molecule has 1 rings (SSSR count). The average molecular weight is 260 g/mol. The van der Waals surface area contributed by atoms with Gasteiger partial charge in [0.2, 0.25) is 5.96 Å². The molecule has 78 valence electrons. The molecule has 0 unspecified atom stereocenters. The van der Waals surface area contributed by atoms with E-state index in [1.54, 1.807) is 10.9 Å². The lowest BCUT2D eigenvalue weighted by Gasteiger charge is -2.08. The first-order valence-electron chi connectivity index (χ1n) is 4.48. The molecule has 0 saturated heterocycles. The summed E-state index contributed by atoms with van der Waals surface area (Å²) < 4.78 is 2.36. The van der Waals surface area contributed by atoms with Crippen molar-refractivity contribution < 1.29 is 0 Å². The second-order valence-corrected chi connectivity index (χ2v) is 3.47. The van der Waals surface area contributed by atoms with E-state index in [0.29, 0.717) is 18.3 Å². The van der Waals surface area contributed by atoms with Crippen LogP contribution in [0.2, 0.25) is 0 Å². The fourth-order valence-corrected chi connectivity index (χ4v) is 1.27. The van der Waals surface area contributed by atoms with Crippen molar-refractivity contribution in [1.82, 2.24) is 15.1 Å². The van der Waals surface area contributed by atoms with Crippen molar-refractivity contribution in [2.45, 2.75) is 13.8 Å². The van der Waals surface area contributed by atoms with Crippen LogP contribution < -0.4 is 11.1 Å². The molecule has 0 aliphatic carbocycles. The number of aliphatic imine (C=N–C) groups is 1. The quantitative estimate of drug-likeness (QED) is 0.617. The number of nitrogens with two attached hydrogens (primary N) is 1. The molecule has 1 aromatic heterocycles. The lowest BCUT2D eigenvalue weighted by Crippen LogP contribution is -2.32. The minimum absolute atomic E-state index is 0.554. The Morgan fingerprint density at radius 3 is 2.86 bits per heavy atom. The number of nitrogen functional groups attached to an aromatic ring is 1. The van der Waals surface area contributed by atoms with Crippen LogP contribution >= 0.6 is 15.9 Å². The van der Waals surface area contributed by atoms with Crippen molar-refractivity contribution in [1.29, 1.82) is 0 Å². The SMILES string of the molecule is CC/N=C(/NCC)n1ncc(Br)c1N. The Kier molecular flexibility index (Phi) is 3.94. The largest absolute Gasteiger partial charge is 0.383 e. The van der Waals surface area contributed by atoms with E-state index in [1.807, 2.05) is 13.8 Å². The van der Waals surface area contributed by atoms with Crippen molar-refractivity contribution in [2.75, 3.05) is 18.8 Å². The zero-order valence-electron chi connectivity index (χ0n) is 8.29. The molecule has 0 aromatic carbocycles. The van der Waals surface area contributed by atoms with Crippen molar-refractivity contribution in [3.8, 4) is 0 Å². The van der Waals surface area contributed by atoms with Crippen LogP contribution in [0.15, 0.2) is 15.7 Å². The number of nitrogens with one attached hydrogen (secondary N) is 1.